The van der Waals surface area contributed by atoms with Crippen LogP contribution in [-0.2, 0) is 19.1 Å². The fourth-order valence-corrected chi connectivity index (χ4v) is 4.75. The minimum atomic E-state index is -0.524. The second-order valence-electron chi connectivity index (χ2n) is 8.70. The van der Waals surface area contributed by atoms with E-state index in [0.29, 0.717) is 19.4 Å². The average Bonchev–Trinajstić information content (AvgIpc) is 3.36. The predicted molar refractivity (Wildman–Crippen MR) is 108 cm³/mol. The largest absolute Gasteiger partial charge is 0.463 e. The Kier molecular flexibility index (Phi) is 7.70. The Morgan fingerprint density at radius 2 is 2.00 bits per heavy atom. The summed E-state index contributed by atoms with van der Waals surface area (Å²) in [6.07, 6.45) is 11.7. The van der Waals surface area contributed by atoms with Gasteiger partial charge in [-0.2, -0.15) is 0 Å². The van der Waals surface area contributed by atoms with Crippen LogP contribution in [-0.4, -0.2) is 59.1 Å². The molecule has 3 aliphatic rings. The number of aliphatic hydroxyl groups is 1. The van der Waals surface area contributed by atoms with E-state index in [1.165, 1.54) is 0 Å². The van der Waals surface area contributed by atoms with Crippen LogP contribution in [0.4, 0.5) is 0 Å². The molecule has 0 aromatic heterocycles. The standard InChI is InChI=1S/C22H34N2O5/c25-16-22(11-5-6-12-22)23-19(26)14-17-8-3-1-2-4-10-20(27)29-15-18-9-7-13-24(18)21(17)28/h1,3,17-18,25H,2,4-16H2,(H,23,26)/t17-,18+/m1/s1. The first kappa shape index (κ1) is 21.8. The SMILES string of the molecule is O=C(C[C@H]1CC=CCCCC(=O)OC[C@@H]2CCCN2C1=O)NC1(CO)CCCC1. The molecule has 2 amide bonds. The maximum absolute atomic E-state index is 13.3. The van der Waals surface area contributed by atoms with Gasteiger partial charge >= 0.3 is 5.97 Å². The Hall–Kier alpha value is -1.89. The van der Waals surface area contributed by atoms with Crippen molar-refractivity contribution in [3.05, 3.63) is 12.2 Å². The number of fused-ring (bicyclic) bond motifs is 1. The summed E-state index contributed by atoms with van der Waals surface area (Å²) >= 11 is 0. The summed E-state index contributed by atoms with van der Waals surface area (Å²) in [5, 5.41) is 12.8. The highest BCUT2D eigenvalue weighted by Gasteiger charge is 2.37. The Labute approximate surface area is 172 Å². The van der Waals surface area contributed by atoms with Crippen LogP contribution in [0.2, 0.25) is 0 Å². The highest BCUT2D eigenvalue weighted by Crippen LogP contribution is 2.30. The molecule has 2 aliphatic heterocycles. The molecule has 2 atom stereocenters. The van der Waals surface area contributed by atoms with Crippen molar-refractivity contribution in [3.8, 4) is 0 Å². The molecule has 0 unspecified atom stereocenters. The molecule has 1 saturated carbocycles. The summed E-state index contributed by atoms with van der Waals surface area (Å²) < 4.78 is 5.39. The number of nitrogens with zero attached hydrogens (tertiary/aromatic N) is 1. The zero-order chi connectivity index (χ0) is 20.7. The zero-order valence-corrected chi connectivity index (χ0v) is 17.2. The summed E-state index contributed by atoms with van der Waals surface area (Å²) in [4.78, 5) is 39.7. The number of carbonyl (C=O) groups excluding carboxylic acids is 3. The second-order valence-corrected chi connectivity index (χ2v) is 8.70. The number of cyclic esters (lactones) is 1. The van der Waals surface area contributed by atoms with Gasteiger partial charge in [-0.3, -0.25) is 14.4 Å². The van der Waals surface area contributed by atoms with Crippen molar-refractivity contribution >= 4 is 17.8 Å². The molecular weight excluding hydrogens is 372 g/mol. The fraction of sp³-hybridized carbons (Fsp3) is 0.773. The quantitative estimate of drug-likeness (QED) is 0.550. The van der Waals surface area contributed by atoms with Crippen molar-refractivity contribution in [2.24, 2.45) is 5.92 Å². The molecule has 0 aromatic rings. The predicted octanol–water partition coefficient (Wildman–Crippen LogP) is 2.08. The molecule has 7 heteroatoms. The third kappa shape index (κ3) is 5.81. The van der Waals surface area contributed by atoms with E-state index < -0.39 is 11.5 Å². The minimum absolute atomic E-state index is 0.0351. The number of hydrogen-bond donors (Lipinski definition) is 2. The van der Waals surface area contributed by atoms with E-state index in [-0.39, 0.29) is 43.5 Å². The molecule has 29 heavy (non-hydrogen) atoms. The van der Waals surface area contributed by atoms with Crippen molar-refractivity contribution < 1.29 is 24.2 Å². The lowest BCUT2D eigenvalue weighted by molar-refractivity contribution is -0.148. The van der Waals surface area contributed by atoms with Gasteiger partial charge in [0.15, 0.2) is 0 Å². The summed E-state index contributed by atoms with van der Waals surface area (Å²) in [5.74, 6) is -0.842. The smallest absolute Gasteiger partial charge is 0.305 e. The molecule has 2 fully saturated rings. The topological polar surface area (TPSA) is 95.9 Å². The van der Waals surface area contributed by atoms with Crippen LogP contribution < -0.4 is 5.32 Å². The van der Waals surface area contributed by atoms with Gasteiger partial charge in [0.05, 0.1) is 24.1 Å². The summed E-state index contributed by atoms with van der Waals surface area (Å²) in [7, 11) is 0. The van der Waals surface area contributed by atoms with Crippen molar-refractivity contribution in [2.45, 2.75) is 82.2 Å². The normalized spacial score (nSPS) is 28.1. The monoisotopic (exact) mass is 406 g/mol. The van der Waals surface area contributed by atoms with Gasteiger partial charge in [0, 0.05) is 19.4 Å². The fourth-order valence-electron chi connectivity index (χ4n) is 4.75. The molecule has 2 N–H and O–H groups in total. The molecule has 0 aromatic carbocycles. The van der Waals surface area contributed by atoms with Gasteiger partial charge in [0.2, 0.25) is 11.8 Å². The number of rotatable bonds is 4. The highest BCUT2D eigenvalue weighted by atomic mass is 16.5. The maximum Gasteiger partial charge on any atom is 0.305 e. The third-order valence-corrected chi connectivity index (χ3v) is 6.48. The minimum Gasteiger partial charge on any atom is -0.463 e. The van der Waals surface area contributed by atoms with E-state index in [9.17, 15) is 19.5 Å². The third-order valence-electron chi connectivity index (χ3n) is 6.48. The van der Waals surface area contributed by atoms with Crippen molar-refractivity contribution in [1.29, 1.82) is 0 Å². The van der Waals surface area contributed by atoms with Crippen LogP contribution in [0.5, 0.6) is 0 Å². The number of hydrogen-bond acceptors (Lipinski definition) is 5. The van der Waals surface area contributed by atoms with E-state index in [1.807, 2.05) is 12.2 Å². The van der Waals surface area contributed by atoms with Gasteiger partial charge in [0.25, 0.3) is 0 Å². The molecule has 0 spiro atoms. The van der Waals surface area contributed by atoms with E-state index in [0.717, 1.165) is 51.4 Å². The number of carbonyl (C=O) groups is 3. The van der Waals surface area contributed by atoms with E-state index in [4.69, 9.17) is 4.74 Å². The molecule has 0 radical (unpaired) electrons. The zero-order valence-electron chi connectivity index (χ0n) is 17.2. The van der Waals surface area contributed by atoms with Gasteiger partial charge in [-0.1, -0.05) is 25.0 Å². The lowest BCUT2D eigenvalue weighted by atomic mass is 9.95. The molecule has 1 saturated heterocycles. The first-order valence-electron chi connectivity index (χ1n) is 11.1. The number of amides is 2. The van der Waals surface area contributed by atoms with Crippen LogP contribution in [0.3, 0.4) is 0 Å². The number of ether oxygens (including phenoxy) is 1. The Bertz CT molecular complexity index is 627. The molecular formula is C22H34N2O5. The molecule has 2 heterocycles. The Morgan fingerprint density at radius 1 is 1.21 bits per heavy atom. The van der Waals surface area contributed by atoms with Crippen molar-refractivity contribution in [3.63, 3.8) is 0 Å². The maximum atomic E-state index is 13.3. The number of aliphatic hydroxyl groups excluding tert-OH is 1. The van der Waals surface area contributed by atoms with Gasteiger partial charge in [0.1, 0.15) is 6.61 Å². The van der Waals surface area contributed by atoms with Gasteiger partial charge in [-0.05, 0) is 44.9 Å². The molecule has 0 bridgehead atoms. The van der Waals surface area contributed by atoms with Crippen molar-refractivity contribution in [1.82, 2.24) is 10.2 Å². The Balaban J connectivity index is 1.69. The summed E-state index contributed by atoms with van der Waals surface area (Å²) in [6.45, 7) is 0.824. The van der Waals surface area contributed by atoms with E-state index >= 15 is 0 Å². The van der Waals surface area contributed by atoms with Gasteiger partial charge in [-0.25, -0.2) is 0 Å². The second kappa shape index (κ2) is 10.2. The molecule has 7 nitrogen and oxygen atoms in total. The van der Waals surface area contributed by atoms with Crippen LogP contribution in [0.15, 0.2) is 12.2 Å². The van der Waals surface area contributed by atoms with Gasteiger partial charge in [-0.15, -0.1) is 0 Å². The lowest BCUT2D eigenvalue weighted by Crippen LogP contribution is -2.50. The average molecular weight is 407 g/mol. The first-order valence-corrected chi connectivity index (χ1v) is 11.1. The van der Waals surface area contributed by atoms with Crippen LogP contribution in [0, 0.1) is 5.92 Å². The van der Waals surface area contributed by atoms with Crippen LogP contribution >= 0.6 is 0 Å². The van der Waals surface area contributed by atoms with E-state index in [1.54, 1.807) is 4.90 Å². The van der Waals surface area contributed by atoms with Crippen LogP contribution in [0.1, 0.15) is 70.6 Å². The summed E-state index contributed by atoms with van der Waals surface area (Å²) in [5.41, 5.74) is -0.524. The van der Waals surface area contributed by atoms with Crippen molar-refractivity contribution in [2.75, 3.05) is 19.8 Å². The number of nitrogens with one attached hydrogen (secondary N) is 1. The number of esters is 1. The first-order chi connectivity index (χ1) is 14.0. The van der Waals surface area contributed by atoms with Gasteiger partial charge < -0.3 is 20.1 Å². The molecule has 3 rings (SSSR count). The van der Waals surface area contributed by atoms with E-state index in [2.05, 4.69) is 5.32 Å². The Morgan fingerprint density at radius 3 is 2.76 bits per heavy atom. The van der Waals surface area contributed by atoms with Crippen LogP contribution in [0.25, 0.3) is 0 Å². The molecule has 162 valence electrons. The lowest BCUT2D eigenvalue weighted by Gasteiger charge is -2.31. The highest BCUT2D eigenvalue weighted by molar-refractivity contribution is 5.86. The molecule has 1 aliphatic carbocycles. The number of allylic oxidation sites excluding steroid dienone is 2. The summed E-state index contributed by atoms with van der Waals surface area (Å²) in [6, 6.07) is -0.0969.